The summed E-state index contributed by atoms with van der Waals surface area (Å²) < 4.78 is 8.81. The lowest BCUT2D eigenvalue weighted by molar-refractivity contribution is -0.668. The first-order valence-electron chi connectivity index (χ1n) is 7.07. The van der Waals surface area contributed by atoms with E-state index in [1.807, 2.05) is 0 Å². The summed E-state index contributed by atoms with van der Waals surface area (Å²) in [6, 6.07) is 12.9. The fourth-order valence-corrected chi connectivity index (χ4v) is 3.20. The van der Waals surface area contributed by atoms with E-state index in [1.165, 1.54) is 21.9 Å². The third-order valence-electron chi connectivity index (χ3n) is 4.14. The van der Waals surface area contributed by atoms with Crippen LogP contribution in [0.5, 0.6) is 0 Å². The number of nitrogens with zero attached hydrogens (tertiary/aromatic N) is 4. The van der Waals surface area contributed by atoms with Crippen LogP contribution in [-0.2, 0) is 21.1 Å². The van der Waals surface area contributed by atoms with Crippen molar-refractivity contribution < 1.29 is 9.13 Å². The van der Waals surface area contributed by atoms with Crippen LogP contribution in [0.25, 0.3) is 27.9 Å². The molecule has 0 N–H and O–H groups in total. The van der Waals surface area contributed by atoms with Gasteiger partial charge in [0.1, 0.15) is 5.52 Å². The van der Waals surface area contributed by atoms with Gasteiger partial charge in [-0.2, -0.15) is 0 Å². The number of hydrogen-bond acceptors (Lipinski definition) is 0. The number of aryl methyl sites for hydroxylation is 3. The second kappa shape index (κ2) is 4.19. The van der Waals surface area contributed by atoms with Crippen molar-refractivity contribution in [1.29, 1.82) is 0 Å². The van der Waals surface area contributed by atoms with Gasteiger partial charge in [0, 0.05) is 5.39 Å². The van der Waals surface area contributed by atoms with E-state index in [0.29, 0.717) is 0 Å². The zero-order valence-electron chi connectivity index (χ0n) is 12.5. The van der Waals surface area contributed by atoms with Crippen molar-refractivity contribution in [3.8, 4) is 5.95 Å². The van der Waals surface area contributed by atoms with Crippen LogP contribution in [0.1, 0.15) is 0 Å². The summed E-state index contributed by atoms with van der Waals surface area (Å²) in [4.78, 5) is 0. The molecule has 4 rings (SSSR count). The SMILES string of the molecule is Cn1cc[n+](C)c1-n1c2ccccc2c2ccc[n+](C)c21. The first-order chi connectivity index (χ1) is 10.2. The van der Waals surface area contributed by atoms with Crippen molar-refractivity contribution >= 4 is 21.9 Å². The Balaban J connectivity index is 2.31. The Morgan fingerprint density at radius 1 is 0.857 bits per heavy atom. The van der Waals surface area contributed by atoms with Crippen molar-refractivity contribution in [3.63, 3.8) is 0 Å². The highest BCUT2D eigenvalue weighted by molar-refractivity contribution is 6.06. The molecule has 0 aliphatic heterocycles. The Labute approximate surface area is 123 Å². The van der Waals surface area contributed by atoms with Gasteiger partial charge in [0.05, 0.1) is 45.1 Å². The molecule has 0 amide bonds. The summed E-state index contributed by atoms with van der Waals surface area (Å²) in [6.07, 6.45) is 6.26. The van der Waals surface area contributed by atoms with Crippen molar-refractivity contribution in [2.45, 2.75) is 0 Å². The molecule has 0 aliphatic carbocycles. The van der Waals surface area contributed by atoms with E-state index in [0.717, 1.165) is 5.95 Å². The molecule has 21 heavy (non-hydrogen) atoms. The van der Waals surface area contributed by atoms with E-state index in [1.54, 1.807) is 0 Å². The van der Waals surface area contributed by atoms with Gasteiger partial charge < -0.3 is 0 Å². The molecule has 1 aromatic carbocycles. The van der Waals surface area contributed by atoms with Gasteiger partial charge in [-0.25, -0.2) is 13.7 Å². The zero-order valence-corrected chi connectivity index (χ0v) is 12.5. The van der Waals surface area contributed by atoms with Crippen LogP contribution in [0.15, 0.2) is 55.0 Å². The third kappa shape index (κ3) is 1.56. The van der Waals surface area contributed by atoms with Crippen LogP contribution in [0.2, 0.25) is 0 Å². The summed E-state index contributed by atoms with van der Waals surface area (Å²) >= 11 is 0. The van der Waals surface area contributed by atoms with E-state index in [4.69, 9.17) is 0 Å². The smallest absolute Gasteiger partial charge is 0.236 e. The minimum Gasteiger partial charge on any atom is -0.236 e. The van der Waals surface area contributed by atoms with Gasteiger partial charge in [-0.3, -0.25) is 0 Å². The summed E-state index contributed by atoms with van der Waals surface area (Å²) in [5.41, 5.74) is 2.43. The topological polar surface area (TPSA) is 17.6 Å². The Hall–Kier alpha value is -2.62. The number of para-hydroxylation sites is 1. The highest BCUT2D eigenvalue weighted by Crippen LogP contribution is 2.28. The summed E-state index contributed by atoms with van der Waals surface area (Å²) in [7, 11) is 6.26. The van der Waals surface area contributed by atoms with Crippen molar-refractivity contribution in [2.24, 2.45) is 21.1 Å². The maximum absolute atomic E-state index is 2.32. The standard InChI is InChI=1S/C17H18N4/c1-18-10-6-8-14-13-7-4-5-9-15(13)21(16(14)18)17-19(2)11-12-20(17)3/h4-12H,1-3H3/q+2. The fourth-order valence-electron chi connectivity index (χ4n) is 3.20. The lowest BCUT2D eigenvalue weighted by Crippen LogP contribution is -2.36. The average molecular weight is 278 g/mol. The molecule has 0 spiro atoms. The summed E-state index contributed by atoms with van der Waals surface area (Å²) in [6.45, 7) is 0. The fraction of sp³-hybridized carbons (Fsp3) is 0.176. The van der Waals surface area contributed by atoms with Gasteiger partial charge in [-0.15, -0.1) is 4.57 Å². The molecular weight excluding hydrogens is 260 g/mol. The molecule has 4 heteroatoms. The van der Waals surface area contributed by atoms with E-state index in [-0.39, 0.29) is 0 Å². The number of imidazole rings is 1. The predicted octanol–water partition coefficient (Wildman–Crippen LogP) is 1.77. The van der Waals surface area contributed by atoms with Crippen LogP contribution in [0.3, 0.4) is 0 Å². The van der Waals surface area contributed by atoms with Crippen LogP contribution in [-0.4, -0.2) is 9.13 Å². The van der Waals surface area contributed by atoms with E-state index in [2.05, 4.69) is 94.4 Å². The molecule has 104 valence electrons. The first-order valence-corrected chi connectivity index (χ1v) is 7.07. The maximum atomic E-state index is 2.32. The van der Waals surface area contributed by atoms with Crippen molar-refractivity contribution in [1.82, 2.24) is 9.13 Å². The molecule has 0 atom stereocenters. The minimum absolute atomic E-state index is 1.14. The lowest BCUT2D eigenvalue weighted by Gasteiger charge is -2.01. The Morgan fingerprint density at radius 2 is 1.62 bits per heavy atom. The minimum atomic E-state index is 1.14. The molecule has 4 aromatic rings. The molecular formula is C17H18N4+2. The molecule has 0 bridgehead atoms. The molecule has 0 unspecified atom stereocenters. The molecule has 0 saturated heterocycles. The number of aromatic nitrogens is 4. The Morgan fingerprint density at radius 3 is 2.38 bits per heavy atom. The predicted molar refractivity (Wildman–Crippen MR) is 82.1 cm³/mol. The maximum Gasteiger partial charge on any atom is 0.401 e. The average Bonchev–Trinajstić information content (AvgIpc) is 2.98. The van der Waals surface area contributed by atoms with Crippen LogP contribution in [0, 0.1) is 0 Å². The molecule has 3 heterocycles. The van der Waals surface area contributed by atoms with Crippen LogP contribution >= 0.6 is 0 Å². The molecule has 3 aromatic heterocycles. The van der Waals surface area contributed by atoms with Gasteiger partial charge >= 0.3 is 5.95 Å². The van der Waals surface area contributed by atoms with E-state index >= 15 is 0 Å². The third-order valence-corrected chi connectivity index (χ3v) is 4.14. The monoisotopic (exact) mass is 278 g/mol. The molecule has 0 saturated carbocycles. The van der Waals surface area contributed by atoms with E-state index < -0.39 is 0 Å². The van der Waals surface area contributed by atoms with Gasteiger partial charge in [0.2, 0.25) is 0 Å². The van der Waals surface area contributed by atoms with Crippen molar-refractivity contribution in [2.75, 3.05) is 0 Å². The Bertz CT molecular complexity index is 956. The summed E-state index contributed by atoms with van der Waals surface area (Å²) in [5.74, 6) is 1.14. The highest BCUT2D eigenvalue weighted by Gasteiger charge is 2.27. The van der Waals surface area contributed by atoms with Crippen molar-refractivity contribution in [3.05, 3.63) is 55.0 Å². The van der Waals surface area contributed by atoms with Gasteiger partial charge in [-0.1, -0.05) is 12.1 Å². The number of hydrogen-bond donors (Lipinski definition) is 0. The normalized spacial score (nSPS) is 11.6. The second-order valence-corrected chi connectivity index (χ2v) is 5.53. The van der Waals surface area contributed by atoms with Crippen LogP contribution in [0.4, 0.5) is 0 Å². The Kier molecular flexibility index (Phi) is 2.42. The van der Waals surface area contributed by atoms with Gasteiger partial charge in [0.15, 0.2) is 0 Å². The highest BCUT2D eigenvalue weighted by atomic mass is 15.3. The molecule has 0 aliphatic rings. The summed E-state index contributed by atoms with van der Waals surface area (Å²) in [5, 5.41) is 2.56. The van der Waals surface area contributed by atoms with Gasteiger partial charge in [-0.05, 0) is 24.3 Å². The molecule has 4 nitrogen and oxygen atoms in total. The molecule has 0 fully saturated rings. The van der Waals surface area contributed by atoms with Crippen LogP contribution < -0.4 is 9.13 Å². The quantitative estimate of drug-likeness (QED) is 0.472. The van der Waals surface area contributed by atoms with E-state index in [9.17, 15) is 0 Å². The first kappa shape index (κ1) is 12.1. The number of pyridine rings is 1. The number of rotatable bonds is 1. The van der Waals surface area contributed by atoms with Gasteiger partial charge in [0.25, 0.3) is 5.65 Å². The number of benzene rings is 1. The zero-order chi connectivity index (χ0) is 14.6. The molecule has 0 radical (unpaired) electrons. The number of fused-ring (bicyclic) bond motifs is 3. The second-order valence-electron chi connectivity index (χ2n) is 5.53. The lowest BCUT2D eigenvalue weighted by atomic mass is 10.2. The largest absolute Gasteiger partial charge is 0.401 e.